The van der Waals surface area contributed by atoms with Gasteiger partial charge in [-0.2, -0.15) is 4.99 Å². The third kappa shape index (κ3) is 4.85. The van der Waals surface area contributed by atoms with E-state index in [1.54, 1.807) is 19.4 Å². The molecule has 4 N–H and O–H groups in total. The first-order chi connectivity index (χ1) is 13.5. The van der Waals surface area contributed by atoms with Gasteiger partial charge in [0.25, 0.3) is 0 Å². The van der Waals surface area contributed by atoms with Crippen LogP contribution in [0.4, 0.5) is 17.2 Å². The lowest BCUT2D eigenvalue weighted by molar-refractivity contribution is -0.114. The van der Waals surface area contributed by atoms with Crippen LogP contribution in [-0.4, -0.2) is 24.0 Å². The maximum Gasteiger partial charge on any atom is 0.221 e. The molecule has 28 heavy (non-hydrogen) atoms. The molecule has 0 aliphatic heterocycles. The summed E-state index contributed by atoms with van der Waals surface area (Å²) >= 11 is 0. The Labute approximate surface area is 163 Å². The Kier molecular flexibility index (Phi) is 5.86. The Morgan fingerprint density at radius 3 is 2.36 bits per heavy atom. The Hall–Kier alpha value is -3.87. The number of anilines is 2. The molecule has 0 saturated carbocycles. The predicted octanol–water partition coefficient (Wildman–Crippen LogP) is 3.77. The SMILES string of the molecule is COc1ccccc1NC(N)=Nc1ccc(-c2ccc(NC(C)=O)cc2)cn1. The summed E-state index contributed by atoms with van der Waals surface area (Å²) in [6.07, 6.45) is 1.72. The number of nitrogens with zero attached hydrogens (tertiary/aromatic N) is 2. The normalized spacial score (nSPS) is 11.0. The van der Waals surface area contributed by atoms with Gasteiger partial charge < -0.3 is 21.1 Å². The van der Waals surface area contributed by atoms with Gasteiger partial charge in [-0.15, -0.1) is 0 Å². The molecule has 0 unspecified atom stereocenters. The molecular formula is C21H21N5O2. The topological polar surface area (TPSA) is 102 Å². The van der Waals surface area contributed by atoms with Gasteiger partial charge in [-0.05, 0) is 42.0 Å². The fraction of sp³-hybridized carbons (Fsp3) is 0.0952. The van der Waals surface area contributed by atoms with Crippen LogP contribution in [-0.2, 0) is 4.79 Å². The van der Waals surface area contributed by atoms with Gasteiger partial charge in [-0.3, -0.25) is 4.79 Å². The molecule has 1 amide bonds. The van der Waals surface area contributed by atoms with Crippen molar-refractivity contribution in [3.8, 4) is 16.9 Å². The summed E-state index contributed by atoms with van der Waals surface area (Å²) in [5, 5.41) is 5.75. The average Bonchev–Trinajstić information content (AvgIpc) is 2.69. The monoisotopic (exact) mass is 375 g/mol. The third-order valence-electron chi connectivity index (χ3n) is 3.89. The zero-order valence-corrected chi connectivity index (χ0v) is 15.6. The van der Waals surface area contributed by atoms with Crippen molar-refractivity contribution in [3.05, 3.63) is 66.9 Å². The second-order valence-corrected chi connectivity index (χ2v) is 5.99. The van der Waals surface area contributed by atoms with Gasteiger partial charge in [0.05, 0.1) is 12.8 Å². The van der Waals surface area contributed by atoms with Gasteiger partial charge >= 0.3 is 0 Å². The van der Waals surface area contributed by atoms with Crippen molar-refractivity contribution >= 4 is 29.1 Å². The van der Waals surface area contributed by atoms with Crippen molar-refractivity contribution in [2.75, 3.05) is 17.7 Å². The van der Waals surface area contributed by atoms with Crippen LogP contribution >= 0.6 is 0 Å². The highest BCUT2D eigenvalue weighted by Gasteiger charge is 2.04. The number of hydrogen-bond donors (Lipinski definition) is 3. The summed E-state index contributed by atoms with van der Waals surface area (Å²) in [6, 6.07) is 18.7. The fourth-order valence-electron chi connectivity index (χ4n) is 2.61. The molecule has 3 rings (SSSR count). The number of aromatic nitrogens is 1. The van der Waals surface area contributed by atoms with Crippen molar-refractivity contribution in [3.63, 3.8) is 0 Å². The summed E-state index contributed by atoms with van der Waals surface area (Å²) in [6.45, 7) is 1.48. The van der Waals surface area contributed by atoms with Crippen LogP contribution in [0.1, 0.15) is 6.92 Å². The molecule has 142 valence electrons. The summed E-state index contributed by atoms with van der Waals surface area (Å²) in [5.74, 6) is 1.27. The number of pyridine rings is 1. The summed E-state index contributed by atoms with van der Waals surface area (Å²) in [7, 11) is 1.59. The van der Waals surface area contributed by atoms with Crippen molar-refractivity contribution in [2.24, 2.45) is 10.7 Å². The van der Waals surface area contributed by atoms with Crippen LogP contribution in [0.2, 0.25) is 0 Å². The van der Waals surface area contributed by atoms with Crippen molar-refractivity contribution in [2.45, 2.75) is 6.92 Å². The lowest BCUT2D eigenvalue weighted by atomic mass is 10.1. The zero-order chi connectivity index (χ0) is 19.9. The van der Waals surface area contributed by atoms with Crippen LogP contribution in [0.15, 0.2) is 71.9 Å². The van der Waals surface area contributed by atoms with Crippen molar-refractivity contribution in [1.29, 1.82) is 0 Å². The van der Waals surface area contributed by atoms with Gasteiger partial charge in [0, 0.05) is 24.4 Å². The van der Waals surface area contributed by atoms with E-state index in [0.717, 1.165) is 22.5 Å². The Morgan fingerprint density at radius 2 is 1.71 bits per heavy atom. The number of guanidine groups is 1. The second-order valence-electron chi connectivity index (χ2n) is 5.99. The van der Waals surface area contributed by atoms with Crippen LogP contribution in [0, 0.1) is 0 Å². The molecule has 0 fully saturated rings. The summed E-state index contributed by atoms with van der Waals surface area (Å²) < 4.78 is 5.28. The molecule has 1 aromatic heterocycles. The smallest absolute Gasteiger partial charge is 0.221 e. The van der Waals surface area contributed by atoms with Crippen LogP contribution in [0.25, 0.3) is 11.1 Å². The van der Waals surface area contributed by atoms with E-state index < -0.39 is 0 Å². The highest BCUT2D eigenvalue weighted by Crippen LogP contribution is 2.24. The first-order valence-electron chi connectivity index (χ1n) is 8.63. The molecule has 0 aliphatic carbocycles. The van der Waals surface area contributed by atoms with Gasteiger partial charge in [0.15, 0.2) is 11.8 Å². The number of nitrogens with two attached hydrogens (primary N) is 1. The number of hydrogen-bond acceptors (Lipinski definition) is 4. The molecular weight excluding hydrogens is 354 g/mol. The van der Waals surface area contributed by atoms with Crippen LogP contribution < -0.4 is 21.1 Å². The Balaban J connectivity index is 1.71. The van der Waals surface area contributed by atoms with E-state index in [9.17, 15) is 4.79 Å². The van der Waals surface area contributed by atoms with E-state index in [-0.39, 0.29) is 11.9 Å². The van der Waals surface area contributed by atoms with E-state index in [1.165, 1.54) is 6.92 Å². The number of methoxy groups -OCH3 is 1. The maximum absolute atomic E-state index is 11.1. The number of amides is 1. The number of benzene rings is 2. The molecule has 1 heterocycles. The second kappa shape index (κ2) is 8.68. The number of ether oxygens (including phenoxy) is 1. The number of nitrogens with one attached hydrogen (secondary N) is 2. The van der Waals surface area contributed by atoms with Crippen LogP contribution in [0.5, 0.6) is 5.75 Å². The summed E-state index contributed by atoms with van der Waals surface area (Å²) in [5.41, 5.74) is 9.37. The molecule has 0 saturated heterocycles. The molecule has 3 aromatic rings. The first kappa shape index (κ1) is 18.9. The van der Waals surface area contributed by atoms with Gasteiger partial charge in [-0.1, -0.05) is 24.3 Å². The number of aliphatic imine (C=N–C) groups is 1. The van der Waals surface area contributed by atoms with E-state index in [0.29, 0.717) is 11.6 Å². The number of para-hydroxylation sites is 2. The van der Waals surface area contributed by atoms with Gasteiger partial charge in [0.2, 0.25) is 5.91 Å². The maximum atomic E-state index is 11.1. The number of rotatable bonds is 5. The number of carbonyl (C=O) groups is 1. The van der Waals surface area contributed by atoms with Gasteiger partial charge in [0.1, 0.15) is 5.75 Å². The quantitative estimate of drug-likeness (QED) is 0.465. The molecule has 0 bridgehead atoms. The lowest BCUT2D eigenvalue weighted by Gasteiger charge is -2.10. The Morgan fingerprint density at radius 1 is 1.00 bits per heavy atom. The molecule has 0 atom stereocenters. The lowest BCUT2D eigenvalue weighted by Crippen LogP contribution is -2.22. The predicted molar refractivity (Wildman–Crippen MR) is 112 cm³/mol. The highest BCUT2D eigenvalue weighted by molar-refractivity contribution is 5.95. The average molecular weight is 375 g/mol. The molecule has 0 aliphatic rings. The molecule has 7 heteroatoms. The summed E-state index contributed by atoms with van der Waals surface area (Å²) in [4.78, 5) is 19.7. The van der Waals surface area contributed by atoms with Crippen molar-refractivity contribution in [1.82, 2.24) is 4.98 Å². The van der Waals surface area contributed by atoms with E-state index in [1.807, 2.05) is 54.6 Å². The molecule has 7 nitrogen and oxygen atoms in total. The standard InChI is InChI=1S/C21H21N5O2/c1-14(27)24-17-10-7-15(8-11-17)16-9-12-20(23-13-16)26-21(22)25-18-5-3-4-6-19(18)28-2/h3-13H,1-2H3,(H,24,27)(H3,22,23,25,26). The van der Waals surface area contributed by atoms with Crippen LogP contribution in [0.3, 0.4) is 0 Å². The number of carbonyl (C=O) groups excluding carboxylic acids is 1. The van der Waals surface area contributed by atoms with E-state index >= 15 is 0 Å². The molecule has 2 aromatic carbocycles. The fourth-order valence-corrected chi connectivity index (χ4v) is 2.61. The molecule has 0 radical (unpaired) electrons. The minimum atomic E-state index is -0.101. The first-order valence-corrected chi connectivity index (χ1v) is 8.63. The zero-order valence-electron chi connectivity index (χ0n) is 15.6. The third-order valence-corrected chi connectivity index (χ3v) is 3.89. The Bertz CT molecular complexity index is 982. The minimum Gasteiger partial charge on any atom is -0.495 e. The van der Waals surface area contributed by atoms with Gasteiger partial charge in [-0.25, -0.2) is 4.98 Å². The largest absolute Gasteiger partial charge is 0.495 e. The highest BCUT2D eigenvalue weighted by atomic mass is 16.5. The van der Waals surface area contributed by atoms with E-state index in [2.05, 4.69) is 20.6 Å². The van der Waals surface area contributed by atoms with Crippen molar-refractivity contribution < 1.29 is 9.53 Å². The molecule has 0 spiro atoms. The van der Waals surface area contributed by atoms with E-state index in [4.69, 9.17) is 10.5 Å². The minimum absolute atomic E-state index is 0.101.